The zero-order chi connectivity index (χ0) is 10.6. The van der Waals surface area contributed by atoms with Gasteiger partial charge in [0.25, 0.3) is 0 Å². The Morgan fingerprint density at radius 2 is 1.08 bits per heavy atom. The molecule has 0 aromatic carbocycles. The zero-order valence-corrected chi connectivity index (χ0v) is 7.98. The van der Waals surface area contributed by atoms with Crippen molar-refractivity contribution in [3.05, 3.63) is 38.5 Å². The molecule has 0 fully saturated rings. The minimum atomic E-state index is 0.111. The van der Waals surface area contributed by atoms with Gasteiger partial charge in [-0.1, -0.05) is 27.0 Å². The molecule has 0 aliphatic heterocycles. The van der Waals surface area contributed by atoms with Crippen LogP contribution in [0.15, 0.2) is 38.5 Å². The van der Waals surface area contributed by atoms with Gasteiger partial charge < -0.3 is 0 Å². The van der Waals surface area contributed by atoms with Gasteiger partial charge in [0.1, 0.15) is 0 Å². The molecule has 0 amide bonds. The molecule has 0 heterocycles. The molecule has 2 N–H and O–H groups in total. The fourth-order valence-corrected chi connectivity index (χ4v) is 0.220. The summed E-state index contributed by atoms with van der Waals surface area (Å²) < 4.78 is 0. The first-order chi connectivity index (χ1) is 5.72. The number of hydrogen-bond acceptors (Lipinski definition) is 2. The molecular weight excluding hydrogens is 148 g/mol. The average Bonchev–Trinajstić information content (AvgIpc) is 2.21. The Balaban J connectivity index is -0.000000175. The van der Waals surface area contributed by atoms with E-state index in [1.807, 2.05) is 13.8 Å². The highest BCUT2D eigenvalue weighted by atomic mass is 14.5. The van der Waals surface area contributed by atoms with Crippen molar-refractivity contribution >= 4 is 11.4 Å². The molecule has 0 rings (SSSR count). The van der Waals surface area contributed by atoms with Crippen molar-refractivity contribution < 1.29 is 0 Å². The predicted molar refractivity (Wildman–Crippen MR) is 58.4 cm³/mol. The van der Waals surface area contributed by atoms with E-state index < -0.39 is 0 Å². The van der Waals surface area contributed by atoms with E-state index in [4.69, 9.17) is 10.8 Å². The van der Waals surface area contributed by atoms with Gasteiger partial charge in [-0.15, -0.1) is 13.2 Å². The lowest BCUT2D eigenvalue weighted by Crippen LogP contribution is -2.03. The minimum Gasteiger partial charge on any atom is -0.299 e. The van der Waals surface area contributed by atoms with Gasteiger partial charge in [-0.2, -0.15) is 0 Å². The second-order valence-corrected chi connectivity index (χ2v) is 1.24. The van der Waals surface area contributed by atoms with E-state index in [0.717, 1.165) is 0 Å². The number of allylic oxidation sites excluding steroid dienone is 2. The van der Waals surface area contributed by atoms with Gasteiger partial charge >= 0.3 is 0 Å². The molecule has 0 spiro atoms. The SMILES string of the molecule is C=C.C=CC(=N)C(=N)C=C.CC. The van der Waals surface area contributed by atoms with Crippen LogP contribution in [0.4, 0.5) is 0 Å². The lowest BCUT2D eigenvalue weighted by Gasteiger charge is -1.88. The average molecular weight is 166 g/mol. The van der Waals surface area contributed by atoms with Crippen molar-refractivity contribution in [2.75, 3.05) is 0 Å². The Morgan fingerprint density at radius 1 is 0.917 bits per heavy atom. The Kier molecular flexibility index (Phi) is 22.9. The molecule has 0 aliphatic carbocycles. The van der Waals surface area contributed by atoms with Crippen molar-refractivity contribution in [2.24, 2.45) is 0 Å². The lowest BCUT2D eigenvalue weighted by atomic mass is 10.2. The molecule has 0 aromatic heterocycles. The van der Waals surface area contributed by atoms with E-state index in [2.05, 4.69) is 26.3 Å². The van der Waals surface area contributed by atoms with Crippen molar-refractivity contribution in [3.63, 3.8) is 0 Å². The highest BCUT2D eigenvalue weighted by molar-refractivity contribution is 6.47. The van der Waals surface area contributed by atoms with Crippen LogP contribution in [0.5, 0.6) is 0 Å². The summed E-state index contributed by atoms with van der Waals surface area (Å²) in [5.74, 6) is 0. The highest BCUT2D eigenvalue weighted by Crippen LogP contribution is 1.78. The first-order valence-corrected chi connectivity index (χ1v) is 3.64. The maximum Gasteiger partial charge on any atom is 0.0783 e. The van der Waals surface area contributed by atoms with E-state index in [1.165, 1.54) is 12.2 Å². The third-order valence-electron chi connectivity index (χ3n) is 0.698. The number of hydrogen-bond donors (Lipinski definition) is 2. The van der Waals surface area contributed by atoms with Crippen LogP contribution in [-0.4, -0.2) is 11.4 Å². The summed E-state index contributed by atoms with van der Waals surface area (Å²) in [6, 6.07) is 0. The second kappa shape index (κ2) is 16.3. The molecule has 12 heavy (non-hydrogen) atoms. The van der Waals surface area contributed by atoms with Crippen molar-refractivity contribution in [1.82, 2.24) is 0 Å². The van der Waals surface area contributed by atoms with Gasteiger partial charge in [0, 0.05) is 0 Å². The predicted octanol–water partition coefficient (Wildman–Crippen LogP) is 3.23. The molecule has 2 heteroatoms. The molecule has 68 valence electrons. The standard InChI is InChI=1S/C6H8N2.C2H6.C2H4/c1-3-5(7)6(8)4-2;2*1-2/h3-4,7-8H,1-2H2;1-2H3;1-2H2. The highest BCUT2D eigenvalue weighted by Gasteiger charge is 1.90. The Bertz CT molecular complexity index is 139. The molecular formula is C10H18N2. The van der Waals surface area contributed by atoms with Crippen molar-refractivity contribution in [3.8, 4) is 0 Å². The van der Waals surface area contributed by atoms with Crippen molar-refractivity contribution in [2.45, 2.75) is 13.8 Å². The van der Waals surface area contributed by atoms with Gasteiger partial charge in [0.2, 0.25) is 0 Å². The fourth-order valence-electron chi connectivity index (χ4n) is 0.220. The van der Waals surface area contributed by atoms with Crippen LogP contribution in [0, 0.1) is 10.8 Å². The Hall–Kier alpha value is -1.44. The molecule has 0 saturated heterocycles. The van der Waals surface area contributed by atoms with Crippen LogP contribution in [0.25, 0.3) is 0 Å². The number of nitrogens with one attached hydrogen (secondary N) is 2. The quantitative estimate of drug-likeness (QED) is 0.477. The molecule has 0 aliphatic rings. The normalized spacial score (nSPS) is 5.83. The molecule has 2 nitrogen and oxygen atoms in total. The molecule has 0 atom stereocenters. The summed E-state index contributed by atoms with van der Waals surface area (Å²) in [5.41, 5.74) is 0.222. The lowest BCUT2D eigenvalue weighted by molar-refractivity contribution is 1.50. The van der Waals surface area contributed by atoms with Crippen LogP contribution in [0.2, 0.25) is 0 Å². The molecule has 0 unspecified atom stereocenters. The van der Waals surface area contributed by atoms with E-state index in [1.54, 1.807) is 0 Å². The monoisotopic (exact) mass is 166 g/mol. The van der Waals surface area contributed by atoms with Gasteiger partial charge in [0.15, 0.2) is 0 Å². The van der Waals surface area contributed by atoms with Gasteiger partial charge in [-0.25, -0.2) is 0 Å². The van der Waals surface area contributed by atoms with Crippen molar-refractivity contribution in [1.29, 1.82) is 10.8 Å². The van der Waals surface area contributed by atoms with Crippen LogP contribution in [0.1, 0.15) is 13.8 Å². The largest absolute Gasteiger partial charge is 0.299 e. The first-order valence-electron chi connectivity index (χ1n) is 3.64. The molecule has 0 aromatic rings. The zero-order valence-electron chi connectivity index (χ0n) is 7.98. The molecule has 0 saturated carbocycles. The third-order valence-corrected chi connectivity index (χ3v) is 0.698. The summed E-state index contributed by atoms with van der Waals surface area (Å²) in [6.45, 7) is 16.6. The Morgan fingerprint density at radius 3 is 1.17 bits per heavy atom. The smallest absolute Gasteiger partial charge is 0.0783 e. The van der Waals surface area contributed by atoms with E-state index in [0.29, 0.717) is 0 Å². The molecule has 0 bridgehead atoms. The summed E-state index contributed by atoms with van der Waals surface area (Å²) >= 11 is 0. The van der Waals surface area contributed by atoms with Crippen LogP contribution < -0.4 is 0 Å². The summed E-state index contributed by atoms with van der Waals surface area (Å²) in [6.07, 6.45) is 2.62. The summed E-state index contributed by atoms with van der Waals surface area (Å²) in [5, 5.41) is 13.9. The maximum atomic E-state index is 6.93. The number of rotatable bonds is 3. The summed E-state index contributed by atoms with van der Waals surface area (Å²) in [4.78, 5) is 0. The fraction of sp³-hybridized carbons (Fsp3) is 0.200. The third kappa shape index (κ3) is 11.4. The van der Waals surface area contributed by atoms with Crippen LogP contribution >= 0.6 is 0 Å². The molecule has 0 radical (unpaired) electrons. The Labute approximate surface area is 75.3 Å². The maximum absolute atomic E-state index is 6.93. The van der Waals surface area contributed by atoms with Crippen LogP contribution in [0.3, 0.4) is 0 Å². The van der Waals surface area contributed by atoms with E-state index >= 15 is 0 Å². The van der Waals surface area contributed by atoms with Crippen LogP contribution in [-0.2, 0) is 0 Å². The minimum absolute atomic E-state index is 0.111. The second-order valence-electron chi connectivity index (χ2n) is 1.24. The van der Waals surface area contributed by atoms with Gasteiger partial charge in [-0.3, -0.25) is 10.8 Å². The topological polar surface area (TPSA) is 47.7 Å². The van der Waals surface area contributed by atoms with E-state index in [9.17, 15) is 0 Å². The van der Waals surface area contributed by atoms with E-state index in [-0.39, 0.29) is 11.4 Å². The van der Waals surface area contributed by atoms with Gasteiger partial charge in [0.05, 0.1) is 11.4 Å². The first kappa shape index (κ1) is 16.9. The summed E-state index contributed by atoms with van der Waals surface area (Å²) in [7, 11) is 0. The van der Waals surface area contributed by atoms with Gasteiger partial charge in [-0.05, 0) is 12.2 Å².